The summed E-state index contributed by atoms with van der Waals surface area (Å²) in [5, 5.41) is 10.8. The molecule has 0 radical (unpaired) electrons. The first kappa shape index (κ1) is 18.2. The first-order valence-electron chi connectivity index (χ1n) is 8.32. The molecule has 1 heterocycles. The second-order valence-electron chi connectivity index (χ2n) is 5.97. The zero-order valence-electron chi connectivity index (χ0n) is 14.3. The van der Waals surface area contributed by atoms with Gasteiger partial charge in [-0.25, -0.2) is 0 Å². The first-order valence-corrected chi connectivity index (χ1v) is 9.93. The Morgan fingerprint density at radius 3 is 2.56 bits per heavy atom. The van der Waals surface area contributed by atoms with Crippen molar-refractivity contribution in [1.29, 1.82) is 0 Å². The summed E-state index contributed by atoms with van der Waals surface area (Å²) in [5.41, 5.74) is 3.05. The second-order valence-corrected chi connectivity index (χ2v) is 8.03. The molecule has 0 saturated heterocycles. The number of aliphatic hydroxyl groups is 1. The highest BCUT2D eigenvalue weighted by Gasteiger charge is 2.17. The predicted molar refractivity (Wildman–Crippen MR) is 107 cm³/mol. The minimum Gasteiger partial charge on any atom is -0.488 e. The molecule has 0 saturated carbocycles. The van der Waals surface area contributed by atoms with Gasteiger partial charge in [-0.3, -0.25) is 0 Å². The summed E-state index contributed by atoms with van der Waals surface area (Å²) in [6, 6.07) is 18.1. The maximum atomic E-state index is 10.8. The third-order valence-electron chi connectivity index (χ3n) is 4.15. The van der Waals surface area contributed by atoms with Gasteiger partial charge in [-0.15, -0.1) is 11.3 Å². The lowest BCUT2D eigenvalue weighted by molar-refractivity contribution is 0.223. The second kappa shape index (κ2) is 8.17. The van der Waals surface area contributed by atoms with E-state index < -0.39 is 6.10 Å². The van der Waals surface area contributed by atoms with E-state index in [-0.39, 0.29) is 0 Å². The third kappa shape index (κ3) is 4.32. The van der Waals surface area contributed by atoms with E-state index in [1.165, 1.54) is 4.88 Å². The molecule has 3 aromatic rings. The van der Waals surface area contributed by atoms with E-state index in [1.54, 1.807) is 11.3 Å². The SMILES string of the molecule is CCc1ccc(C(O)c2cc(Br)c(OCc3ccccc3)cc2C)s1. The quantitative estimate of drug-likeness (QED) is 0.530. The minimum atomic E-state index is -0.607. The van der Waals surface area contributed by atoms with Crippen molar-refractivity contribution in [2.24, 2.45) is 0 Å². The highest BCUT2D eigenvalue weighted by molar-refractivity contribution is 9.10. The highest BCUT2D eigenvalue weighted by Crippen LogP contribution is 2.36. The van der Waals surface area contributed by atoms with Gasteiger partial charge in [-0.05, 0) is 70.2 Å². The van der Waals surface area contributed by atoms with Gasteiger partial charge in [0.2, 0.25) is 0 Å². The lowest BCUT2D eigenvalue weighted by atomic mass is 10.0. The summed E-state index contributed by atoms with van der Waals surface area (Å²) < 4.78 is 6.80. The molecular formula is C21H21BrO2S. The maximum absolute atomic E-state index is 10.8. The number of thiophene rings is 1. The van der Waals surface area contributed by atoms with Crippen LogP contribution >= 0.6 is 27.3 Å². The Balaban J connectivity index is 1.79. The number of hydrogen-bond acceptors (Lipinski definition) is 3. The fourth-order valence-electron chi connectivity index (χ4n) is 2.70. The van der Waals surface area contributed by atoms with Crippen LogP contribution in [0.15, 0.2) is 59.1 Å². The molecule has 1 atom stereocenters. The molecule has 1 aromatic heterocycles. The van der Waals surface area contributed by atoms with Crippen LogP contribution in [0.1, 0.15) is 39.5 Å². The van der Waals surface area contributed by atoms with Gasteiger partial charge in [-0.1, -0.05) is 37.3 Å². The summed E-state index contributed by atoms with van der Waals surface area (Å²) in [6.45, 7) is 4.66. The van der Waals surface area contributed by atoms with Gasteiger partial charge in [0, 0.05) is 9.75 Å². The number of hydrogen-bond donors (Lipinski definition) is 1. The molecule has 2 nitrogen and oxygen atoms in total. The Morgan fingerprint density at radius 2 is 1.88 bits per heavy atom. The van der Waals surface area contributed by atoms with Crippen LogP contribution < -0.4 is 4.74 Å². The summed E-state index contributed by atoms with van der Waals surface area (Å²) in [6.07, 6.45) is 0.386. The van der Waals surface area contributed by atoms with E-state index in [0.717, 1.165) is 38.2 Å². The smallest absolute Gasteiger partial charge is 0.134 e. The van der Waals surface area contributed by atoms with Gasteiger partial charge >= 0.3 is 0 Å². The average molecular weight is 417 g/mol. The van der Waals surface area contributed by atoms with Crippen LogP contribution in [0.25, 0.3) is 0 Å². The zero-order valence-corrected chi connectivity index (χ0v) is 16.7. The van der Waals surface area contributed by atoms with E-state index in [9.17, 15) is 5.11 Å². The van der Waals surface area contributed by atoms with E-state index >= 15 is 0 Å². The van der Waals surface area contributed by atoms with Crippen LogP contribution in [0.3, 0.4) is 0 Å². The van der Waals surface area contributed by atoms with Crippen LogP contribution in [0.2, 0.25) is 0 Å². The largest absolute Gasteiger partial charge is 0.488 e. The van der Waals surface area contributed by atoms with Gasteiger partial charge in [0.05, 0.1) is 4.47 Å². The van der Waals surface area contributed by atoms with E-state index in [2.05, 4.69) is 28.9 Å². The molecule has 3 rings (SSSR count). The monoisotopic (exact) mass is 416 g/mol. The van der Waals surface area contributed by atoms with Gasteiger partial charge in [0.1, 0.15) is 18.5 Å². The minimum absolute atomic E-state index is 0.519. The third-order valence-corrected chi connectivity index (χ3v) is 6.05. The fourth-order valence-corrected chi connectivity index (χ4v) is 4.13. The Hall–Kier alpha value is -1.62. The van der Waals surface area contributed by atoms with Crippen LogP contribution in [-0.2, 0) is 13.0 Å². The zero-order chi connectivity index (χ0) is 17.8. The van der Waals surface area contributed by atoms with E-state index in [4.69, 9.17) is 4.74 Å². The molecule has 0 aliphatic carbocycles. The number of aliphatic hydroxyl groups excluding tert-OH is 1. The molecule has 0 bridgehead atoms. The molecule has 0 fully saturated rings. The van der Waals surface area contributed by atoms with Crippen LogP contribution in [0.5, 0.6) is 5.75 Å². The Labute approximate surface area is 161 Å². The normalized spacial score (nSPS) is 12.2. The highest BCUT2D eigenvalue weighted by atomic mass is 79.9. The molecular weight excluding hydrogens is 396 g/mol. The fraction of sp³-hybridized carbons (Fsp3) is 0.238. The summed E-state index contributed by atoms with van der Waals surface area (Å²) in [7, 11) is 0. The standard InChI is InChI=1S/C21H21BrO2S/c1-3-16-9-10-20(25-16)21(23)17-12-18(22)19(11-14(17)2)24-13-15-7-5-4-6-8-15/h4-12,21,23H,3,13H2,1-2H3. The molecule has 0 aliphatic rings. The van der Waals surface area contributed by atoms with Crippen molar-refractivity contribution in [3.8, 4) is 5.75 Å². The predicted octanol–water partition coefficient (Wildman–Crippen LogP) is 6.04. The van der Waals surface area contributed by atoms with Gasteiger partial charge < -0.3 is 9.84 Å². The van der Waals surface area contributed by atoms with Crippen molar-refractivity contribution >= 4 is 27.3 Å². The molecule has 4 heteroatoms. The van der Waals surface area contributed by atoms with Crippen LogP contribution in [-0.4, -0.2) is 5.11 Å². The molecule has 130 valence electrons. The van der Waals surface area contributed by atoms with Gasteiger partial charge in [0.25, 0.3) is 0 Å². The number of rotatable bonds is 6. The molecule has 0 amide bonds. The number of aryl methyl sites for hydroxylation is 2. The number of halogens is 1. The van der Waals surface area contributed by atoms with Crippen molar-refractivity contribution in [2.75, 3.05) is 0 Å². The Kier molecular flexibility index (Phi) is 5.94. The van der Waals surface area contributed by atoms with Crippen LogP contribution in [0.4, 0.5) is 0 Å². The number of ether oxygens (including phenoxy) is 1. The molecule has 2 aromatic carbocycles. The van der Waals surface area contributed by atoms with Crippen molar-refractivity contribution in [3.63, 3.8) is 0 Å². The van der Waals surface area contributed by atoms with Crippen molar-refractivity contribution in [2.45, 2.75) is 33.0 Å². The van der Waals surface area contributed by atoms with E-state index in [1.807, 2.05) is 55.5 Å². The van der Waals surface area contributed by atoms with Gasteiger partial charge in [0.15, 0.2) is 0 Å². The van der Waals surface area contributed by atoms with Crippen molar-refractivity contribution in [3.05, 3.63) is 85.5 Å². The average Bonchev–Trinajstić information content (AvgIpc) is 3.11. The molecule has 1 N–H and O–H groups in total. The Morgan fingerprint density at radius 1 is 1.12 bits per heavy atom. The van der Waals surface area contributed by atoms with Crippen molar-refractivity contribution < 1.29 is 9.84 Å². The summed E-state index contributed by atoms with van der Waals surface area (Å²) >= 11 is 5.25. The van der Waals surface area contributed by atoms with Gasteiger partial charge in [-0.2, -0.15) is 0 Å². The van der Waals surface area contributed by atoms with Crippen LogP contribution in [0, 0.1) is 6.92 Å². The number of benzene rings is 2. The van der Waals surface area contributed by atoms with E-state index in [0.29, 0.717) is 6.61 Å². The molecule has 25 heavy (non-hydrogen) atoms. The maximum Gasteiger partial charge on any atom is 0.134 e. The first-order chi connectivity index (χ1) is 12.1. The summed E-state index contributed by atoms with van der Waals surface area (Å²) in [4.78, 5) is 2.26. The van der Waals surface area contributed by atoms with Crippen molar-refractivity contribution in [1.82, 2.24) is 0 Å². The molecule has 1 unspecified atom stereocenters. The topological polar surface area (TPSA) is 29.5 Å². The Bertz CT molecular complexity index is 842. The summed E-state index contributed by atoms with van der Waals surface area (Å²) in [5.74, 6) is 0.790. The molecule has 0 aliphatic heterocycles. The molecule has 0 spiro atoms. The lowest BCUT2D eigenvalue weighted by Gasteiger charge is -2.16. The lowest BCUT2D eigenvalue weighted by Crippen LogP contribution is -2.02.